The quantitative estimate of drug-likeness (QED) is 0.552. The van der Waals surface area contributed by atoms with E-state index in [1.807, 2.05) is 25.1 Å². The van der Waals surface area contributed by atoms with Crippen molar-refractivity contribution in [3.8, 4) is 0 Å². The summed E-state index contributed by atoms with van der Waals surface area (Å²) in [4.78, 5) is 35.0. The summed E-state index contributed by atoms with van der Waals surface area (Å²) in [6, 6.07) is 14.2. The molecule has 2 N–H and O–H groups in total. The van der Waals surface area contributed by atoms with Crippen molar-refractivity contribution < 1.29 is 19.1 Å². The first kappa shape index (κ1) is 21.2. The standard InChI is InChI=1S/C21H21ClN2O4/c1-14(17-5-3-4-6-18(17)22)11-20(26)24-16-9-7-15(8-10-16)12-19(25)23-13-21(27)28-2/h3-11H,12-13H2,1-2H3,(H,23,25)(H,24,26). The molecular formula is C21H21ClN2O4. The lowest BCUT2D eigenvalue weighted by molar-refractivity contribution is -0.141. The summed E-state index contributed by atoms with van der Waals surface area (Å²) in [5.41, 5.74) is 2.91. The van der Waals surface area contributed by atoms with Crippen LogP contribution < -0.4 is 10.6 Å². The summed E-state index contributed by atoms with van der Waals surface area (Å²) in [6.45, 7) is 1.65. The first-order valence-electron chi connectivity index (χ1n) is 8.55. The van der Waals surface area contributed by atoms with Gasteiger partial charge < -0.3 is 15.4 Å². The Morgan fingerprint density at radius 1 is 1.07 bits per heavy atom. The fourth-order valence-electron chi connectivity index (χ4n) is 2.43. The summed E-state index contributed by atoms with van der Waals surface area (Å²) < 4.78 is 4.46. The van der Waals surface area contributed by atoms with E-state index in [0.717, 1.165) is 16.7 Å². The number of carbonyl (C=O) groups is 3. The molecule has 0 aliphatic carbocycles. The summed E-state index contributed by atoms with van der Waals surface area (Å²) in [6.07, 6.45) is 1.60. The SMILES string of the molecule is COC(=O)CNC(=O)Cc1ccc(NC(=O)C=C(C)c2ccccc2Cl)cc1. The third-order valence-electron chi connectivity index (χ3n) is 3.89. The van der Waals surface area contributed by atoms with Gasteiger partial charge in [-0.15, -0.1) is 0 Å². The average Bonchev–Trinajstić information content (AvgIpc) is 2.67. The van der Waals surface area contributed by atoms with Crippen molar-refractivity contribution in [3.63, 3.8) is 0 Å². The minimum Gasteiger partial charge on any atom is -0.468 e. The van der Waals surface area contributed by atoms with Gasteiger partial charge in [0.05, 0.1) is 13.5 Å². The number of hydrogen-bond donors (Lipinski definition) is 2. The van der Waals surface area contributed by atoms with Gasteiger partial charge in [0.2, 0.25) is 11.8 Å². The van der Waals surface area contributed by atoms with Crippen LogP contribution in [0.4, 0.5) is 5.69 Å². The lowest BCUT2D eigenvalue weighted by atomic mass is 10.1. The molecule has 0 saturated heterocycles. The fraction of sp³-hybridized carbons (Fsp3) is 0.190. The Morgan fingerprint density at radius 2 is 1.75 bits per heavy atom. The van der Waals surface area contributed by atoms with Gasteiger partial charge in [0, 0.05) is 16.8 Å². The van der Waals surface area contributed by atoms with E-state index in [9.17, 15) is 14.4 Å². The van der Waals surface area contributed by atoms with Crippen LogP contribution in [0.3, 0.4) is 0 Å². The van der Waals surface area contributed by atoms with E-state index in [2.05, 4.69) is 15.4 Å². The van der Waals surface area contributed by atoms with Crippen LogP contribution in [-0.2, 0) is 25.5 Å². The molecule has 6 nitrogen and oxygen atoms in total. The van der Waals surface area contributed by atoms with Crippen LogP contribution >= 0.6 is 11.6 Å². The minimum absolute atomic E-state index is 0.122. The van der Waals surface area contributed by atoms with Gasteiger partial charge in [-0.2, -0.15) is 0 Å². The topological polar surface area (TPSA) is 84.5 Å². The smallest absolute Gasteiger partial charge is 0.325 e. The number of halogens is 1. The minimum atomic E-state index is -0.508. The second-order valence-electron chi connectivity index (χ2n) is 6.02. The third-order valence-corrected chi connectivity index (χ3v) is 4.22. The second kappa shape index (κ2) is 10.3. The predicted octanol–water partition coefficient (Wildman–Crippen LogP) is 3.21. The Balaban J connectivity index is 1.92. The Kier molecular flexibility index (Phi) is 7.77. The van der Waals surface area contributed by atoms with Gasteiger partial charge in [-0.3, -0.25) is 14.4 Å². The Bertz CT molecular complexity index is 892. The molecule has 0 radical (unpaired) electrons. The van der Waals surface area contributed by atoms with Gasteiger partial charge in [-0.05, 0) is 41.8 Å². The molecule has 0 fully saturated rings. The summed E-state index contributed by atoms with van der Waals surface area (Å²) in [7, 11) is 1.26. The van der Waals surface area contributed by atoms with Crippen molar-refractivity contribution in [1.82, 2.24) is 5.32 Å². The van der Waals surface area contributed by atoms with Gasteiger partial charge >= 0.3 is 5.97 Å². The number of ether oxygens (including phenoxy) is 1. The highest BCUT2D eigenvalue weighted by atomic mass is 35.5. The van der Waals surface area contributed by atoms with Gasteiger partial charge in [-0.25, -0.2) is 0 Å². The molecule has 0 aliphatic heterocycles. The number of amides is 2. The number of rotatable bonds is 7. The van der Waals surface area contributed by atoms with E-state index < -0.39 is 5.97 Å². The van der Waals surface area contributed by atoms with Crippen molar-refractivity contribution in [2.75, 3.05) is 19.0 Å². The maximum atomic E-state index is 12.2. The summed E-state index contributed by atoms with van der Waals surface area (Å²) >= 11 is 6.14. The van der Waals surface area contributed by atoms with Crippen LogP contribution in [0.2, 0.25) is 5.02 Å². The zero-order chi connectivity index (χ0) is 20.5. The summed E-state index contributed by atoms with van der Waals surface area (Å²) in [5.74, 6) is -1.08. The molecule has 7 heteroatoms. The molecule has 28 heavy (non-hydrogen) atoms. The molecule has 0 atom stereocenters. The van der Waals surface area contributed by atoms with Crippen molar-refractivity contribution in [1.29, 1.82) is 0 Å². The van der Waals surface area contributed by atoms with Gasteiger partial charge in [0.25, 0.3) is 0 Å². The molecule has 146 valence electrons. The number of allylic oxidation sites excluding steroid dienone is 1. The fourth-order valence-corrected chi connectivity index (χ4v) is 2.72. The average molecular weight is 401 g/mol. The monoisotopic (exact) mass is 400 g/mol. The van der Waals surface area contributed by atoms with Crippen LogP contribution in [0.5, 0.6) is 0 Å². The molecule has 0 heterocycles. The Hall–Kier alpha value is -3.12. The largest absolute Gasteiger partial charge is 0.468 e. The van der Waals surface area contributed by atoms with Crippen molar-refractivity contribution in [3.05, 3.63) is 70.8 Å². The molecule has 2 aromatic carbocycles. The Labute approximate surface area is 168 Å². The number of anilines is 1. The lowest BCUT2D eigenvalue weighted by Crippen LogP contribution is -2.31. The van der Waals surface area contributed by atoms with Crippen molar-refractivity contribution in [2.24, 2.45) is 0 Å². The molecule has 0 unspecified atom stereocenters. The first-order valence-corrected chi connectivity index (χ1v) is 8.93. The van der Waals surface area contributed by atoms with Crippen molar-refractivity contribution in [2.45, 2.75) is 13.3 Å². The molecule has 2 aromatic rings. The molecule has 0 aliphatic rings. The molecule has 0 spiro atoms. The van der Waals surface area contributed by atoms with Crippen LogP contribution in [-0.4, -0.2) is 31.4 Å². The highest BCUT2D eigenvalue weighted by molar-refractivity contribution is 6.32. The van der Waals surface area contributed by atoms with E-state index in [4.69, 9.17) is 11.6 Å². The van der Waals surface area contributed by atoms with Crippen LogP contribution in [0, 0.1) is 0 Å². The highest BCUT2D eigenvalue weighted by Crippen LogP contribution is 2.23. The van der Waals surface area contributed by atoms with E-state index >= 15 is 0 Å². The second-order valence-corrected chi connectivity index (χ2v) is 6.43. The number of benzene rings is 2. The number of esters is 1. The van der Waals surface area contributed by atoms with Crippen LogP contribution in [0.25, 0.3) is 5.57 Å². The van der Waals surface area contributed by atoms with E-state index in [1.165, 1.54) is 13.2 Å². The highest BCUT2D eigenvalue weighted by Gasteiger charge is 2.08. The van der Waals surface area contributed by atoms with Gasteiger partial charge in [-0.1, -0.05) is 41.9 Å². The van der Waals surface area contributed by atoms with Crippen molar-refractivity contribution >= 4 is 40.6 Å². The maximum Gasteiger partial charge on any atom is 0.325 e. The number of nitrogens with one attached hydrogen (secondary N) is 2. The van der Waals surface area contributed by atoms with Gasteiger partial charge in [0.1, 0.15) is 6.54 Å². The zero-order valence-corrected chi connectivity index (χ0v) is 16.4. The molecule has 2 amide bonds. The number of hydrogen-bond acceptors (Lipinski definition) is 4. The van der Waals surface area contributed by atoms with Crippen LogP contribution in [0.1, 0.15) is 18.1 Å². The lowest BCUT2D eigenvalue weighted by Gasteiger charge is -2.07. The normalized spacial score (nSPS) is 10.9. The maximum absolute atomic E-state index is 12.2. The predicted molar refractivity (Wildman–Crippen MR) is 109 cm³/mol. The van der Waals surface area contributed by atoms with E-state index in [-0.39, 0.29) is 24.8 Å². The molecule has 0 saturated carbocycles. The zero-order valence-electron chi connectivity index (χ0n) is 15.6. The molecular weight excluding hydrogens is 380 g/mol. The third kappa shape index (κ3) is 6.55. The van der Waals surface area contributed by atoms with E-state index in [1.54, 1.807) is 30.3 Å². The summed E-state index contributed by atoms with van der Waals surface area (Å²) in [5, 5.41) is 5.82. The first-order chi connectivity index (χ1) is 13.4. The van der Waals surface area contributed by atoms with E-state index in [0.29, 0.717) is 10.7 Å². The molecule has 2 rings (SSSR count). The Morgan fingerprint density at radius 3 is 2.39 bits per heavy atom. The molecule has 0 bridgehead atoms. The number of methoxy groups -OCH3 is 1. The van der Waals surface area contributed by atoms with Gasteiger partial charge in [0.15, 0.2) is 0 Å². The molecule has 0 aromatic heterocycles. The number of carbonyl (C=O) groups excluding carboxylic acids is 3. The van der Waals surface area contributed by atoms with Crippen LogP contribution in [0.15, 0.2) is 54.6 Å².